The molecule has 6 heteroatoms. The summed E-state index contributed by atoms with van der Waals surface area (Å²) in [6.07, 6.45) is 0.627. The van der Waals surface area contributed by atoms with Crippen molar-refractivity contribution in [1.82, 2.24) is 9.55 Å². The number of para-hydroxylation sites is 2. The second-order valence-electron chi connectivity index (χ2n) is 6.32. The molecule has 0 amide bonds. The minimum Gasteiger partial charge on any atom is -0.494 e. The van der Waals surface area contributed by atoms with Gasteiger partial charge in [0.25, 0.3) is 0 Å². The Morgan fingerprint density at radius 2 is 1.74 bits per heavy atom. The van der Waals surface area contributed by atoms with E-state index in [9.17, 15) is 5.11 Å². The molecule has 0 aliphatic carbocycles. The van der Waals surface area contributed by atoms with Gasteiger partial charge in [-0.25, -0.2) is 4.98 Å². The lowest BCUT2D eigenvalue weighted by molar-refractivity contribution is 0.0926. The Labute approximate surface area is 159 Å². The SMILES string of the molecule is CCOc1ccc(OCC(O)Cn2c(CCCO)nc3ccccc32)cc1. The molecular formula is C21H26N2O4. The summed E-state index contributed by atoms with van der Waals surface area (Å²) >= 11 is 0. The van der Waals surface area contributed by atoms with Crippen molar-refractivity contribution in [3.05, 3.63) is 54.4 Å². The number of nitrogens with zero attached hydrogens (tertiary/aromatic N) is 2. The maximum Gasteiger partial charge on any atom is 0.119 e. The van der Waals surface area contributed by atoms with Crippen molar-refractivity contribution in [2.24, 2.45) is 0 Å². The summed E-state index contributed by atoms with van der Waals surface area (Å²) in [5.74, 6) is 2.35. The molecule has 27 heavy (non-hydrogen) atoms. The van der Waals surface area contributed by atoms with Crippen LogP contribution in [0.15, 0.2) is 48.5 Å². The predicted molar refractivity (Wildman–Crippen MR) is 104 cm³/mol. The highest BCUT2D eigenvalue weighted by Crippen LogP contribution is 2.20. The lowest BCUT2D eigenvalue weighted by Gasteiger charge is -2.16. The van der Waals surface area contributed by atoms with Crippen molar-refractivity contribution in [3.63, 3.8) is 0 Å². The molecule has 1 aromatic heterocycles. The number of hydrogen-bond acceptors (Lipinski definition) is 5. The third kappa shape index (κ3) is 4.99. The molecule has 1 unspecified atom stereocenters. The van der Waals surface area contributed by atoms with Gasteiger partial charge < -0.3 is 24.3 Å². The number of ether oxygens (including phenoxy) is 2. The van der Waals surface area contributed by atoms with Gasteiger partial charge >= 0.3 is 0 Å². The van der Waals surface area contributed by atoms with Crippen LogP contribution >= 0.6 is 0 Å². The third-order valence-corrected chi connectivity index (χ3v) is 4.26. The van der Waals surface area contributed by atoms with E-state index in [0.717, 1.165) is 22.6 Å². The Morgan fingerprint density at radius 3 is 2.44 bits per heavy atom. The summed E-state index contributed by atoms with van der Waals surface area (Å²) in [4.78, 5) is 4.63. The Morgan fingerprint density at radius 1 is 1.04 bits per heavy atom. The predicted octanol–water partition coefficient (Wildman–Crippen LogP) is 2.80. The van der Waals surface area contributed by atoms with Crippen LogP contribution in [-0.2, 0) is 13.0 Å². The van der Waals surface area contributed by atoms with Crippen LogP contribution in [0.1, 0.15) is 19.2 Å². The normalized spacial score (nSPS) is 12.3. The van der Waals surface area contributed by atoms with Crippen molar-refractivity contribution in [3.8, 4) is 11.5 Å². The van der Waals surface area contributed by atoms with E-state index in [-0.39, 0.29) is 13.2 Å². The van der Waals surface area contributed by atoms with E-state index in [4.69, 9.17) is 14.6 Å². The zero-order chi connectivity index (χ0) is 19.1. The Hall–Kier alpha value is -2.57. The molecule has 144 valence electrons. The standard InChI is InChI=1S/C21H26N2O4/c1-2-26-17-9-11-18(12-10-17)27-15-16(25)14-23-20-7-4-3-6-19(20)22-21(23)8-5-13-24/h3-4,6-7,9-12,16,24-25H,2,5,8,13-15H2,1H3. The van der Waals surface area contributed by atoms with Gasteiger partial charge in [-0.3, -0.25) is 0 Å². The molecule has 0 spiro atoms. The number of aliphatic hydroxyl groups excluding tert-OH is 2. The van der Waals surface area contributed by atoms with E-state index in [1.165, 1.54) is 0 Å². The van der Waals surface area contributed by atoms with Gasteiger partial charge in [-0.1, -0.05) is 12.1 Å². The first-order chi connectivity index (χ1) is 13.2. The minimum absolute atomic E-state index is 0.118. The van der Waals surface area contributed by atoms with Crippen LogP contribution in [0.5, 0.6) is 11.5 Å². The Kier molecular flexibility index (Phi) is 6.68. The largest absolute Gasteiger partial charge is 0.494 e. The molecular weight excluding hydrogens is 344 g/mol. The summed E-state index contributed by atoms with van der Waals surface area (Å²) in [6.45, 7) is 3.25. The summed E-state index contributed by atoms with van der Waals surface area (Å²) in [5.41, 5.74) is 1.87. The molecule has 0 aliphatic rings. The van der Waals surface area contributed by atoms with Crippen LogP contribution in [0.3, 0.4) is 0 Å². The van der Waals surface area contributed by atoms with Gasteiger partial charge in [0, 0.05) is 13.0 Å². The van der Waals surface area contributed by atoms with Gasteiger partial charge in [-0.2, -0.15) is 0 Å². The molecule has 1 heterocycles. The van der Waals surface area contributed by atoms with E-state index < -0.39 is 6.10 Å². The van der Waals surface area contributed by atoms with Gasteiger partial charge in [-0.05, 0) is 49.7 Å². The third-order valence-electron chi connectivity index (χ3n) is 4.26. The molecule has 2 aromatic carbocycles. The number of hydrogen-bond donors (Lipinski definition) is 2. The van der Waals surface area contributed by atoms with Crippen LogP contribution in [0, 0.1) is 0 Å². The Bertz CT molecular complexity index is 845. The zero-order valence-corrected chi connectivity index (χ0v) is 15.5. The first kappa shape index (κ1) is 19.2. The molecule has 3 aromatic rings. The molecule has 0 aliphatic heterocycles. The summed E-state index contributed by atoms with van der Waals surface area (Å²) in [7, 11) is 0. The molecule has 2 N–H and O–H groups in total. The van der Waals surface area contributed by atoms with Gasteiger partial charge in [0.05, 0.1) is 24.2 Å². The maximum absolute atomic E-state index is 10.5. The molecule has 0 fully saturated rings. The van der Waals surface area contributed by atoms with E-state index in [1.807, 2.05) is 60.0 Å². The van der Waals surface area contributed by atoms with Crippen LogP contribution in [0.2, 0.25) is 0 Å². The number of rotatable bonds is 10. The molecule has 0 radical (unpaired) electrons. The summed E-state index contributed by atoms with van der Waals surface area (Å²) in [6, 6.07) is 15.2. The van der Waals surface area contributed by atoms with Gasteiger partial charge in [0.1, 0.15) is 30.0 Å². The zero-order valence-electron chi connectivity index (χ0n) is 15.5. The average Bonchev–Trinajstić information content (AvgIpc) is 3.03. The fourth-order valence-corrected chi connectivity index (χ4v) is 3.01. The topological polar surface area (TPSA) is 76.7 Å². The molecule has 0 saturated heterocycles. The smallest absolute Gasteiger partial charge is 0.119 e. The van der Waals surface area contributed by atoms with Crippen LogP contribution in [0.4, 0.5) is 0 Å². The van der Waals surface area contributed by atoms with E-state index in [2.05, 4.69) is 4.98 Å². The number of benzene rings is 2. The van der Waals surface area contributed by atoms with Crippen molar-refractivity contribution in [2.45, 2.75) is 32.4 Å². The monoisotopic (exact) mass is 370 g/mol. The van der Waals surface area contributed by atoms with Crippen molar-refractivity contribution in [1.29, 1.82) is 0 Å². The van der Waals surface area contributed by atoms with Crippen LogP contribution < -0.4 is 9.47 Å². The van der Waals surface area contributed by atoms with Gasteiger partial charge in [-0.15, -0.1) is 0 Å². The molecule has 1 atom stereocenters. The second kappa shape index (κ2) is 9.39. The van der Waals surface area contributed by atoms with Crippen molar-refractivity contribution < 1.29 is 19.7 Å². The van der Waals surface area contributed by atoms with E-state index >= 15 is 0 Å². The first-order valence-electron chi connectivity index (χ1n) is 9.30. The molecule has 3 rings (SSSR count). The number of aromatic nitrogens is 2. The highest BCUT2D eigenvalue weighted by Gasteiger charge is 2.14. The number of imidazole rings is 1. The molecule has 0 bridgehead atoms. The average molecular weight is 370 g/mol. The van der Waals surface area contributed by atoms with E-state index in [0.29, 0.717) is 31.7 Å². The first-order valence-corrected chi connectivity index (χ1v) is 9.30. The number of aliphatic hydroxyl groups is 2. The highest BCUT2D eigenvalue weighted by molar-refractivity contribution is 5.75. The van der Waals surface area contributed by atoms with Crippen molar-refractivity contribution in [2.75, 3.05) is 19.8 Å². The quantitative estimate of drug-likeness (QED) is 0.574. The lowest BCUT2D eigenvalue weighted by atomic mass is 10.2. The fourth-order valence-electron chi connectivity index (χ4n) is 3.01. The summed E-state index contributed by atoms with van der Waals surface area (Å²) < 4.78 is 13.1. The summed E-state index contributed by atoms with van der Waals surface area (Å²) in [5, 5.41) is 19.6. The minimum atomic E-state index is -0.679. The molecule has 0 saturated carbocycles. The van der Waals surface area contributed by atoms with Crippen LogP contribution in [0.25, 0.3) is 11.0 Å². The maximum atomic E-state index is 10.5. The number of aryl methyl sites for hydroxylation is 1. The second-order valence-corrected chi connectivity index (χ2v) is 6.32. The van der Waals surface area contributed by atoms with Crippen molar-refractivity contribution >= 4 is 11.0 Å². The highest BCUT2D eigenvalue weighted by atomic mass is 16.5. The fraction of sp³-hybridized carbons (Fsp3) is 0.381. The molecule has 6 nitrogen and oxygen atoms in total. The van der Waals surface area contributed by atoms with Gasteiger partial charge in [0.2, 0.25) is 0 Å². The van der Waals surface area contributed by atoms with Gasteiger partial charge in [0.15, 0.2) is 0 Å². The van der Waals surface area contributed by atoms with Crippen LogP contribution in [-0.4, -0.2) is 45.7 Å². The van der Waals surface area contributed by atoms with E-state index in [1.54, 1.807) is 0 Å². The number of fused-ring (bicyclic) bond motifs is 1. The lowest BCUT2D eigenvalue weighted by Crippen LogP contribution is -2.24. The Balaban J connectivity index is 1.65.